The van der Waals surface area contributed by atoms with Crippen molar-refractivity contribution in [2.24, 2.45) is 11.8 Å². The van der Waals surface area contributed by atoms with Crippen molar-refractivity contribution in [2.75, 3.05) is 0 Å². The van der Waals surface area contributed by atoms with Crippen LogP contribution in [0, 0.1) is 11.8 Å². The van der Waals surface area contributed by atoms with E-state index in [9.17, 15) is 0 Å². The minimum Gasteiger partial charge on any atom is -0.313 e. The van der Waals surface area contributed by atoms with E-state index in [4.69, 9.17) is 0 Å². The summed E-state index contributed by atoms with van der Waals surface area (Å²) in [5.41, 5.74) is -0.283. The van der Waals surface area contributed by atoms with Gasteiger partial charge in [0.25, 0.3) is 0 Å². The van der Waals surface area contributed by atoms with Crippen LogP contribution in [-0.2, 0) is 9.13 Å². The van der Waals surface area contributed by atoms with Gasteiger partial charge in [0, 0.05) is 32.5 Å². The van der Waals surface area contributed by atoms with E-state index in [0.717, 1.165) is 40.5 Å². The molecule has 4 aromatic rings. The Balaban J connectivity index is 1.62. The normalized spacial score (nSPS) is 23.9. The summed E-state index contributed by atoms with van der Waals surface area (Å²) in [7, 11) is -6.16. The van der Waals surface area contributed by atoms with Gasteiger partial charge in [0.15, 0.2) is 0 Å². The third-order valence-electron chi connectivity index (χ3n) is 8.23. The number of fused-ring (bicyclic) bond motifs is 2. The predicted octanol–water partition coefficient (Wildman–Crippen LogP) is 6.18. The highest BCUT2D eigenvalue weighted by molar-refractivity contribution is 7.83. The monoisotopic (exact) mass is 496 g/mol. The molecular weight excluding hydrogens is 466 g/mol. The third-order valence-corrected chi connectivity index (χ3v) is 15.9. The number of hydrogen-bond donors (Lipinski definition) is 0. The Hall–Kier alpha value is -2.66. The lowest BCUT2D eigenvalue weighted by Crippen LogP contribution is -2.42. The average molecular weight is 497 g/mol. The molecule has 2 nitrogen and oxygen atoms in total. The molecule has 2 aliphatic rings. The largest absolute Gasteiger partial charge is 0.313 e. The highest BCUT2D eigenvalue weighted by atomic mass is 31.2. The number of rotatable bonds is 6. The molecule has 4 heteroatoms. The van der Waals surface area contributed by atoms with Crippen LogP contribution in [0.15, 0.2) is 121 Å². The van der Waals surface area contributed by atoms with Gasteiger partial charge in [-0.15, -0.1) is 0 Å². The Morgan fingerprint density at radius 2 is 0.686 bits per heavy atom. The number of benzene rings is 4. The zero-order valence-electron chi connectivity index (χ0n) is 19.7. The molecule has 0 aromatic heterocycles. The minimum absolute atomic E-state index is 0.141. The Kier molecular flexibility index (Phi) is 5.92. The first kappa shape index (κ1) is 22.8. The Bertz CT molecular complexity index is 1190. The van der Waals surface area contributed by atoms with Gasteiger partial charge in [-0.3, -0.25) is 0 Å². The van der Waals surface area contributed by atoms with Crippen LogP contribution in [-0.4, -0.2) is 11.3 Å². The first-order valence-corrected chi connectivity index (χ1v) is 16.1. The maximum Gasteiger partial charge on any atom is 0.147 e. The molecule has 2 fully saturated rings. The van der Waals surface area contributed by atoms with Gasteiger partial charge in [0.2, 0.25) is 0 Å². The van der Waals surface area contributed by atoms with Crippen molar-refractivity contribution in [1.82, 2.24) is 0 Å². The summed E-state index contributed by atoms with van der Waals surface area (Å²) in [5, 5.41) is 3.56. The second-order valence-electron chi connectivity index (χ2n) is 9.97. The van der Waals surface area contributed by atoms with Crippen LogP contribution < -0.4 is 21.2 Å². The molecular formula is C31H30O2P2. The molecule has 4 aromatic carbocycles. The summed E-state index contributed by atoms with van der Waals surface area (Å²) in [6.45, 7) is 0. The van der Waals surface area contributed by atoms with Crippen LogP contribution in [0.4, 0.5) is 0 Å². The van der Waals surface area contributed by atoms with Crippen LogP contribution in [0.2, 0.25) is 0 Å². The van der Waals surface area contributed by atoms with E-state index >= 15 is 9.13 Å². The summed E-state index contributed by atoms with van der Waals surface area (Å²) in [4.78, 5) is 0. The van der Waals surface area contributed by atoms with E-state index in [1.54, 1.807) is 0 Å². The van der Waals surface area contributed by atoms with Crippen molar-refractivity contribution >= 4 is 35.5 Å². The highest BCUT2D eigenvalue weighted by Crippen LogP contribution is 2.71. The second kappa shape index (κ2) is 9.09. The van der Waals surface area contributed by atoms with Gasteiger partial charge < -0.3 is 9.13 Å². The fraction of sp³-hybridized carbons (Fsp3) is 0.226. The van der Waals surface area contributed by atoms with Crippen LogP contribution in [0.5, 0.6) is 0 Å². The number of hydrogen-bond acceptors (Lipinski definition) is 2. The SMILES string of the molecule is O=P(c1ccccc1)(c1ccccc1)C1C2CCC(C2)C1P(=O)(c1ccccc1)c1ccccc1. The Morgan fingerprint density at radius 1 is 0.429 bits per heavy atom. The summed E-state index contributed by atoms with van der Waals surface area (Å²) >= 11 is 0. The van der Waals surface area contributed by atoms with E-state index < -0.39 is 14.3 Å². The summed E-state index contributed by atoms with van der Waals surface area (Å²) in [6, 6.07) is 40.0. The van der Waals surface area contributed by atoms with E-state index in [-0.39, 0.29) is 11.3 Å². The molecule has 2 aliphatic carbocycles. The lowest BCUT2D eigenvalue weighted by molar-refractivity contribution is 0.463. The van der Waals surface area contributed by atoms with Crippen LogP contribution in [0.25, 0.3) is 0 Å². The van der Waals surface area contributed by atoms with E-state index in [1.165, 1.54) is 0 Å². The Morgan fingerprint density at radius 3 is 0.943 bits per heavy atom. The van der Waals surface area contributed by atoms with E-state index in [2.05, 4.69) is 0 Å². The smallest absolute Gasteiger partial charge is 0.147 e. The first-order valence-electron chi connectivity index (χ1n) is 12.6. The van der Waals surface area contributed by atoms with Crippen LogP contribution in [0.1, 0.15) is 19.3 Å². The van der Waals surface area contributed by atoms with E-state index in [1.807, 2.05) is 121 Å². The summed E-state index contributed by atoms with van der Waals surface area (Å²) in [5.74, 6) is 0.633. The molecule has 2 bridgehead atoms. The molecule has 2 saturated carbocycles. The van der Waals surface area contributed by atoms with Gasteiger partial charge >= 0.3 is 0 Å². The minimum atomic E-state index is -3.08. The van der Waals surface area contributed by atoms with Gasteiger partial charge in [-0.25, -0.2) is 0 Å². The molecule has 0 saturated heterocycles. The topological polar surface area (TPSA) is 34.1 Å². The maximum atomic E-state index is 15.6. The predicted molar refractivity (Wildman–Crippen MR) is 148 cm³/mol. The maximum absolute atomic E-state index is 15.6. The third kappa shape index (κ3) is 3.62. The van der Waals surface area contributed by atoms with Crippen molar-refractivity contribution in [3.63, 3.8) is 0 Å². The summed E-state index contributed by atoms with van der Waals surface area (Å²) in [6.07, 6.45) is 3.15. The molecule has 0 spiro atoms. The van der Waals surface area contributed by atoms with Crippen molar-refractivity contribution in [2.45, 2.75) is 30.6 Å². The second-order valence-corrected chi connectivity index (χ2v) is 15.9. The highest BCUT2D eigenvalue weighted by Gasteiger charge is 2.61. The van der Waals surface area contributed by atoms with Gasteiger partial charge in [-0.05, 0) is 31.1 Å². The van der Waals surface area contributed by atoms with Gasteiger partial charge in [-0.1, -0.05) is 121 Å². The van der Waals surface area contributed by atoms with Crippen molar-refractivity contribution in [1.29, 1.82) is 0 Å². The van der Waals surface area contributed by atoms with E-state index in [0.29, 0.717) is 11.8 Å². The zero-order valence-corrected chi connectivity index (χ0v) is 21.5. The zero-order chi connectivity index (χ0) is 23.9. The fourth-order valence-electron chi connectivity index (χ4n) is 6.84. The lowest BCUT2D eigenvalue weighted by Gasteiger charge is -2.41. The van der Waals surface area contributed by atoms with Crippen molar-refractivity contribution in [3.8, 4) is 0 Å². The Labute approximate surface area is 208 Å². The van der Waals surface area contributed by atoms with Crippen LogP contribution >= 0.6 is 14.3 Å². The van der Waals surface area contributed by atoms with Crippen molar-refractivity contribution in [3.05, 3.63) is 121 Å². The molecule has 0 amide bonds. The molecule has 0 heterocycles. The quantitative estimate of drug-likeness (QED) is 0.299. The summed E-state index contributed by atoms with van der Waals surface area (Å²) < 4.78 is 31.2. The average Bonchev–Trinajstić information content (AvgIpc) is 3.57. The molecule has 4 atom stereocenters. The lowest BCUT2D eigenvalue weighted by atomic mass is 9.99. The first-order chi connectivity index (χ1) is 17.1. The van der Waals surface area contributed by atoms with Gasteiger partial charge in [0.05, 0.1) is 0 Å². The van der Waals surface area contributed by atoms with Crippen LogP contribution in [0.3, 0.4) is 0 Å². The molecule has 0 aliphatic heterocycles. The van der Waals surface area contributed by atoms with Crippen molar-refractivity contribution < 1.29 is 9.13 Å². The molecule has 35 heavy (non-hydrogen) atoms. The molecule has 4 unspecified atom stereocenters. The van der Waals surface area contributed by atoms with Gasteiger partial charge in [0.1, 0.15) is 14.3 Å². The molecule has 0 radical (unpaired) electrons. The van der Waals surface area contributed by atoms with Gasteiger partial charge in [-0.2, -0.15) is 0 Å². The molecule has 6 rings (SSSR count). The molecule has 0 N–H and O–H groups in total. The fourth-order valence-corrected chi connectivity index (χ4v) is 15.5. The standard InChI is InChI=1S/C31H30O2P2/c32-34(26-13-5-1-6-14-26,27-15-7-2-8-16-27)30-24-21-22-25(23-24)31(30)35(33,28-17-9-3-10-18-28)29-19-11-4-12-20-29/h1-20,24-25,30-31H,21-23H2. The molecule has 176 valence electrons.